The lowest BCUT2D eigenvalue weighted by Gasteiger charge is -2.14. The lowest BCUT2D eigenvalue weighted by molar-refractivity contribution is -0.385. The molecule has 10 heteroatoms. The van der Waals surface area contributed by atoms with Gasteiger partial charge in [-0.05, 0) is 29.3 Å². The summed E-state index contributed by atoms with van der Waals surface area (Å²) in [5.41, 5.74) is 6.20. The summed E-state index contributed by atoms with van der Waals surface area (Å²) in [6.07, 6.45) is -4.79. The van der Waals surface area contributed by atoms with Crippen molar-refractivity contribution < 1.29 is 27.9 Å². The van der Waals surface area contributed by atoms with Gasteiger partial charge in [-0.25, -0.2) is 0 Å². The molecule has 6 nitrogen and oxygen atoms in total. The molecule has 130 valence electrons. The van der Waals surface area contributed by atoms with Gasteiger partial charge < -0.3 is 15.6 Å². The van der Waals surface area contributed by atoms with Crippen LogP contribution in [-0.2, 0) is 0 Å². The summed E-state index contributed by atoms with van der Waals surface area (Å²) in [7, 11) is 0. The zero-order valence-corrected chi connectivity index (χ0v) is 12.7. The van der Waals surface area contributed by atoms with Gasteiger partial charge in [0.05, 0.1) is 11.0 Å². The van der Waals surface area contributed by atoms with Crippen molar-refractivity contribution in [2.45, 2.75) is 12.4 Å². The van der Waals surface area contributed by atoms with Crippen LogP contribution in [0.4, 0.5) is 18.9 Å². The molecule has 0 saturated carbocycles. The monoisotopic (exact) mass is 364 g/mol. The topological polar surface area (TPSA) is 98.6 Å². The molecule has 0 amide bonds. The number of halogens is 4. The normalized spacial score (nSPS) is 12.2. The number of hydrogen-bond donors (Lipinski definition) is 2. The quantitative estimate of drug-likeness (QED) is 0.637. The first-order valence-electron chi connectivity index (χ1n) is 6.26. The van der Waals surface area contributed by atoms with Crippen LogP contribution in [0.1, 0.15) is 17.2 Å². The number of nitro groups is 1. The van der Waals surface area contributed by atoms with E-state index in [1.807, 2.05) is 0 Å². The van der Waals surface area contributed by atoms with Crippen molar-refractivity contribution in [2.75, 3.05) is 0 Å². The first-order chi connectivity index (χ1) is 10.7. The summed E-state index contributed by atoms with van der Waals surface area (Å²) in [5, 5.41) is 20.2. The second kappa shape index (κ2) is 7.37. The van der Waals surface area contributed by atoms with Gasteiger partial charge in [-0.1, -0.05) is 18.2 Å². The van der Waals surface area contributed by atoms with Crippen LogP contribution in [0.2, 0.25) is 0 Å². The molecule has 1 atom stereocenters. The molecule has 0 aliphatic carbocycles. The molecule has 3 N–H and O–H groups in total. The van der Waals surface area contributed by atoms with Gasteiger partial charge in [0.1, 0.15) is 5.75 Å². The van der Waals surface area contributed by atoms with E-state index >= 15 is 0 Å². The zero-order valence-electron chi connectivity index (χ0n) is 11.9. The average Bonchev–Trinajstić information content (AvgIpc) is 2.46. The molecular formula is C14H12ClF3N2O4. The molecule has 0 saturated heterocycles. The highest BCUT2D eigenvalue weighted by molar-refractivity contribution is 5.85. The number of nitro benzene ring substituents is 1. The van der Waals surface area contributed by atoms with Gasteiger partial charge in [0.2, 0.25) is 0 Å². The summed E-state index contributed by atoms with van der Waals surface area (Å²) in [5.74, 6) is -0.898. The van der Waals surface area contributed by atoms with Gasteiger partial charge in [-0.2, -0.15) is 0 Å². The first kappa shape index (κ1) is 19.5. The van der Waals surface area contributed by atoms with Crippen LogP contribution in [0.25, 0.3) is 0 Å². The number of ether oxygens (including phenoxy) is 1. The number of aromatic hydroxyl groups is 1. The number of benzene rings is 2. The highest BCUT2D eigenvalue weighted by Gasteiger charge is 2.31. The Balaban J connectivity index is 0.00000288. The molecule has 2 aromatic carbocycles. The number of nitrogens with two attached hydrogens (primary N) is 1. The van der Waals surface area contributed by atoms with Crippen molar-refractivity contribution in [1.82, 2.24) is 0 Å². The minimum Gasteiger partial charge on any atom is -0.502 e. The average molecular weight is 365 g/mol. The molecule has 0 bridgehead atoms. The van der Waals surface area contributed by atoms with Crippen LogP contribution in [-0.4, -0.2) is 16.4 Å². The molecule has 0 aliphatic heterocycles. The third-order valence-electron chi connectivity index (χ3n) is 3.03. The van der Waals surface area contributed by atoms with Crippen LogP contribution >= 0.6 is 12.4 Å². The Morgan fingerprint density at radius 1 is 1.12 bits per heavy atom. The number of phenols is 1. The minimum atomic E-state index is -4.79. The number of phenolic OH excluding ortho intramolecular Hbond substituents is 1. The maximum absolute atomic E-state index is 12.1. The Labute approximate surface area is 140 Å². The van der Waals surface area contributed by atoms with E-state index in [0.717, 1.165) is 24.3 Å². The summed E-state index contributed by atoms with van der Waals surface area (Å²) in [6.45, 7) is 0. The van der Waals surface area contributed by atoms with Crippen LogP contribution < -0.4 is 10.5 Å². The van der Waals surface area contributed by atoms with E-state index in [9.17, 15) is 28.4 Å². The lowest BCUT2D eigenvalue weighted by Crippen LogP contribution is -2.17. The van der Waals surface area contributed by atoms with Crippen molar-refractivity contribution >= 4 is 18.1 Å². The van der Waals surface area contributed by atoms with Crippen molar-refractivity contribution in [3.63, 3.8) is 0 Å². The van der Waals surface area contributed by atoms with Crippen molar-refractivity contribution in [1.29, 1.82) is 0 Å². The second-order valence-electron chi connectivity index (χ2n) is 4.60. The van der Waals surface area contributed by atoms with Crippen molar-refractivity contribution in [2.24, 2.45) is 5.73 Å². The van der Waals surface area contributed by atoms with Crippen molar-refractivity contribution in [3.8, 4) is 11.5 Å². The standard InChI is InChI=1S/C14H11F3N2O4.ClH/c15-14(16,17)23-10-4-1-8(2-5-10)13(18)9-3-6-12(20)11(7-9)19(21)22;/h1-7,13,20H,18H2;1H/t13-;/m0./s1. The number of nitrogens with zero attached hydrogens (tertiary/aromatic N) is 1. The fourth-order valence-corrected chi connectivity index (χ4v) is 1.95. The largest absolute Gasteiger partial charge is 0.573 e. The zero-order chi connectivity index (χ0) is 17.2. The number of rotatable bonds is 4. The second-order valence-corrected chi connectivity index (χ2v) is 4.60. The Bertz CT molecular complexity index is 723. The molecule has 24 heavy (non-hydrogen) atoms. The van der Waals surface area contributed by atoms with Gasteiger partial charge in [0, 0.05) is 6.07 Å². The summed E-state index contributed by atoms with van der Waals surface area (Å²) in [4.78, 5) is 10.0. The maximum atomic E-state index is 12.1. The van der Waals surface area contributed by atoms with Gasteiger partial charge >= 0.3 is 12.0 Å². The molecule has 2 aromatic rings. The fourth-order valence-electron chi connectivity index (χ4n) is 1.95. The Morgan fingerprint density at radius 2 is 1.67 bits per heavy atom. The van der Waals surface area contributed by atoms with E-state index in [2.05, 4.69) is 4.74 Å². The van der Waals surface area contributed by atoms with E-state index < -0.39 is 34.5 Å². The smallest absolute Gasteiger partial charge is 0.502 e. The Kier molecular flexibility index (Phi) is 5.99. The Hall–Kier alpha value is -2.52. The van der Waals surface area contributed by atoms with Crippen LogP contribution in [0, 0.1) is 10.1 Å². The van der Waals surface area contributed by atoms with E-state index in [1.165, 1.54) is 18.2 Å². The highest BCUT2D eigenvalue weighted by atomic mass is 35.5. The first-order valence-corrected chi connectivity index (χ1v) is 6.26. The molecule has 0 fully saturated rings. The van der Waals surface area contributed by atoms with Crippen molar-refractivity contribution in [3.05, 3.63) is 63.7 Å². The van der Waals surface area contributed by atoms with E-state index in [0.29, 0.717) is 11.1 Å². The van der Waals surface area contributed by atoms with E-state index in [-0.39, 0.29) is 12.4 Å². The number of alkyl halides is 3. The molecule has 0 aromatic heterocycles. The minimum absolute atomic E-state index is 0. The number of hydrogen-bond acceptors (Lipinski definition) is 5. The van der Waals surface area contributed by atoms with E-state index in [1.54, 1.807) is 0 Å². The molecule has 0 aliphatic rings. The summed E-state index contributed by atoms with van der Waals surface area (Å²) >= 11 is 0. The van der Waals surface area contributed by atoms with Gasteiger partial charge in [-0.15, -0.1) is 25.6 Å². The fraction of sp³-hybridized carbons (Fsp3) is 0.143. The molecule has 0 spiro atoms. The predicted octanol–water partition coefficient (Wildman–Crippen LogP) is 3.67. The van der Waals surface area contributed by atoms with Crippen LogP contribution in [0.5, 0.6) is 11.5 Å². The SMILES string of the molecule is Cl.N[C@@H](c1ccc(OC(F)(F)F)cc1)c1ccc(O)c([N+](=O)[O-])c1. The van der Waals surface area contributed by atoms with Crippen LogP contribution in [0.15, 0.2) is 42.5 Å². The lowest BCUT2D eigenvalue weighted by atomic mass is 9.99. The molecule has 0 heterocycles. The maximum Gasteiger partial charge on any atom is 0.573 e. The third kappa shape index (κ3) is 4.74. The molecule has 0 unspecified atom stereocenters. The molecule has 0 radical (unpaired) electrons. The summed E-state index contributed by atoms with van der Waals surface area (Å²) < 4.78 is 40.0. The van der Waals surface area contributed by atoms with E-state index in [4.69, 9.17) is 5.73 Å². The Morgan fingerprint density at radius 3 is 2.17 bits per heavy atom. The van der Waals surface area contributed by atoms with Gasteiger partial charge in [0.25, 0.3) is 0 Å². The van der Waals surface area contributed by atoms with Crippen LogP contribution in [0.3, 0.4) is 0 Å². The van der Waals surface area contributed by atoms with Gasteiger partial charge in [0.15, 0.2) is 5.75 Å². The highest BCUT2D eigenvalue weighted by Crippen LogP contribution is 2.31. The van der Waals surface area contributed by atoms with Gasteiger partial charge in [-0.3, -0.25) is 10.1 Å². The molecular weight excluding hydrogens is 353 g/mol. The molecule has 2 rings (SSSR count). The predicted molar refractivity (Wildman–Crippen MR) is 81.2 cm³/mol. The third-order valence-corrected chi connectivity index (χ3v) is 3.03. The summed E-state index contributed by atoms with van der Waals surface area (Å²) in [6, 6.07) is 7.67.